The van der Waals surface area contributed by atoms with Crippen molar-refractivity contribution < 1.29 is 4.39 Å². The number of benzene rings is 1. The molecule has 2 fully saturated rings. The monoisotopic (exact) mass is 296 g/mol. The Morgan fingerprint density at radius 2 is 2.15 bits per heavy atom. The molecule has 1 saturated heterocycles. The van der Waals surface area contributed by atoms with Crippen molar-refractivity contribution in [2.75, 3.05) is 13.1 Å². The van der Waals surface area contributed by atoms with Crippen LogP contribution in [0.2, 0.25) is 5.02 Å². The lowest BCUT2D eigenvalue weighted by molar-refractivity contribution is 0.0826. The molecule has 20 heavy (non-hydrogen) atoms. The Bertz CT molecular complexity index is 485. The fourth-order valence-corrected chi connectivity index (χ4v) is 3.68. The van der Waals surface area contributed by atoms with Gasteiger partial charge in [-0.15, -0.1) is 0 Å². The maximum atomic E-state index is 13.6. The van der Waals surface area contributed by atoms with Crippen molar-refractivity contribution in [3.63, 3.8) is 0 Å². The number of nitrogens with zero attached hydrogens (tertiary/aromatic N) is 1. The van der Waals surface area contributed by atoms with E-state index >= 15 is 0 Å². The molecule has 2 aliphatic rings. The Balaban J connectivity index is 1.72. The van der Waals surface area contributed by atoms with E-state index in [0.717, 1.165) is 25.2 Å². The van der Waals surface area contributed by atoms with Crippen molar-refractivity contribution in [2.24, 2.45) is 0 Å². The van der Waals surface area contributed by atoms with Crippen LogP contribution in [0.1, 0.15) is 38.2 Å². The Hall–Kier alpha value is -0.640. The number of piperazine rings is 1. The zero-order valence-electron chi connectivity index (χ0n) is 12.0. The summed E-state index contributed by atoms with van der Waals surface area (Å²) in [5, 5.41) is 3.95. The molecule has 2 nitrogen and oxygen atoms in total. The van der Waals surface area contributed by atoms with Crippen LogP contribution in [0.25, 0.3) is 0 Å². The minimum Gasteiger partial charge on any atom is -0.308 e. The molecule has 1 aromatic carbocycles. The molecule has 0 aromatic heterocycles. The van der Waals surface area contributed by atoms with E-state index in [2.05, 4.69) is 17.1 Å². The van der Waals surface area contributed by atoms with Gasteiger partial charge >= 0.3 is 0 Å². The molecule has 4 heteroatoms. The van der Waals surface area contributed by atoms with Crippen LogP contribution < -0.4 is 5.32 Å². The molecule has 1 atom stereocenters. The summed E-state index contributed by atoms with van der Waals surface area (Å²) in [6.45, 7) is 5.13. The predicted octanol–water partition coefficient (Wildman–Crippen LogP) is 3.59. The normalized spacial score (nSPS) is 26.2. The Morgan fingerprint density at radius 3 is 2.85 bits per heavy atom. The fraction of sp³-hybridized carbons (Fsp3) is 0.625. The predicted molar refractivity (Wildman–Crippen MR) is 80.5 cm³/mol. The molecule has 0 bridgehead atoms. The highest BCUT2D eigenvalue weighted by molar-refractivity contribution is 6.30. The van der Waals surface area contributed by atoms with Gasteiger partial charge in [-0.3, -0.25) is 4.90 Å². The number of hydrogen-bond acceptors (Lipinski definition) is 2. The van der Waals surface area contributed by atoms with Crippen molar-refractivity contribution in [3.8, 4) is 0 Å². The van der Waals surface area contributed by atoms with Crippen LogP contribution in [0.4, 0.5) is 4.39 Å². The minimum atomic E-state index is -0.317. The molecule has 1 N–H and O–H groups in total. The Labute approximate surface area is 125 Å². The molecule has 1 unspecified atom stereocenters. The molecule has 1 heterocycles. The second kappa shape index (κ2) is 5.63. The largest absolute Gasteiger partial charge is 0.308 e. The molecule has 1 spiro atoms. The van der Waals surface area contributed by atoms with Gasteiger partial charge in [0.25, 0.3) is 0 Å². The van der Waals surface area contributed by atoms with Crippen molar-refractivity contribution >= 4 is 11.6 Å². The van der Waals surface area contributed by atoms with Gasteiger partial charge in [0.05, 0.1) is 5.02 Å². The zero-order valence-corrected chi connectivity index (χ0v) is 12.7. The molecule has 0 amide bonds. The quantitative estimate of drug-likeness (QED) is 0.897. The lowest BCUT2D eigenvalue weighted by atomic mass is 9.92. The Morgan fingerprint density at radius 1 is 1.40 bits per heavy atom. The van der Waals surface area contributed by atoms with Crippen LogP contribution in [0.15, 0.2) is 18.2 Å². The average Bonchev–Trinajstić information content (AvgIpc) is 2.87. The second-order valence-corrected chi connectivity index (χ2v) is 6.78. The highest BCUT2D eigenvalue weighted by Gasteiger charge is 2.39. The maximum Gasteiger partial charge on any atom is 0.142 e. The summed E-state index contributed by atoms with van der Waals surface area (Å²) in [5.41, 5.74) is 1.31. The van der Waals surface area contributed by atoms with Gasteiger partial charge in [0.1, 0.15) is 5.82 Å². The molecule has 3 rings (SSSR count). The van der Waals surface area contributed by atoms with Crippen molar-refractivity contribution in [2.45, 2.75) is 50.7 Å². The van der Waals surface area contributed by atoms with E-state index in [9.17, 15) is 4.39 Å². The number of halogens is 2. The maximum absolute atomic E-state index is 13.6. The van der Waals surface area contributed by atoms with Gasteiger partial charge in [-0.25, -0.2) is 4.39 Å². The van der Waals surface area contributed by atoms with Crippen LogP contribution in [0.3, 0.4) is 0 Å². The van der Waals surface area contributed by atoms with Crippen LogP contribution >= 0.6 is 11.6 Å². The summed E-state index contributed by atoms with van der Waals surface area (Å²) in [4.78, 5) is 2.48. The summed E-state index contributed by atoms with van der Waals surface area (Å²) in [6, 6.07) is 5.64. The second-order valence-electron chi connectivity index (χ2n) is 6.37. The summed E-state index contributed by atoms with van der Waals surface area (Å²) in [7, 11) is 0. The van der Waals surface area contributed by atoms with Gasteiger partial charge in [0.15, 0.2) is 0 Å². The SMILES string of the molecule is CC1CNC2(CCCC2)CN1Cc1ccc(Cl)c(F)c1. The summed E-state index contributed by atoms with van der Waals surface area (Å²) in [5.74, 6) is -0.317. The van der Waals surface area contributed by atoms with Gasteiger partial charge in [-0.1, -0.05) is 30.5 Å². The third kappa shape index (κ3) is 2.85. The molecule has 1 aromatic rings. The first-order valence-corrected chi connectivity index (χ1v) is 7.89. The zero-order chi connectivity index (χ0) is 14.2. The van der Waals surface area contributed by atoms with Gasteiger partial charge in [0, 0.05) is 31.2 Å². The number of nitrogens with one attached hydrogen (secondary N) is 1. The fourth-order valence-electron chi connectivity index (χ4n) is 3.56. The highest BCUT2D eigenvalue weighted by atomic mass is 35.5. The van der Waals surface area contributed by atoms with Gasteiger partial charge in [0.2, 0.25) is 0 Å². The first kappa shape index (κ1) is 14.3. The van der Waals surface area contributed by atoms with E-state index in [-0.39, 0.29) is 10.8 Å². The van der Waals surface area contributed by atoms with E-state index < -0.39 is 0 Å². The molecule has 1 saturated carbocycles. The standard InChI is InChI=1S/C16H22ClFN2/c1-12-9-19-16(6-2-3-7-16)11-20(12)10-13-4-5-14(17)15(18)8-13/h4-5,8,12,19H,2-3,6-7,9-11H2,1H3. The third-order valence-corrected chi connectivity index (χ3v) is 5.14. The topological polar surface area (TPSA) is 15.3 Å². The molecule has 0 radical (unpaired) electrons. The van der Waals surface area contributed by atoms with E-state index in [0.29, 0.717) is 11.6 Å². The van der Waals surface area contributed by atoms with Gasteiger partial charge in [-0.05, 0) is 37.5 Å². The first-order chi connectivity index (χ1) is 9.58. The van der Waals surface area contributed by atoms with E-state index in [1.54, 1.807) is 12.1 Å². The van der Waals surface area contributed by atoms with Crippen LogP contribution in [-0.4, -0.2) is 29.6 Å². The summed E-state index contributed by atoms with van der Waals surface area (Å²) < 4.78 is 13.6. The van der Waals surface area contributed by atoms with E-state index in [1.165, 1.54) is 25.7 Å². The minimum absolute atomic E-state index is 0.203. The van der Waals surface area contributed by atoms with Crippen LogP contribution in [0.5, 0.6) is 0 Å². The van der Waals surface area contributed by atoms with Gasteiger partial charge in [-0.2, -0.15) is 0 Å². The summed E-state index contributed by atoms with van der Waals surface area (Å²) >= 11 is 5.75. The van der Waals surface area contributed by atoms with Crippen LogP contribution in [-0.2, 0) is 6.54 Å². The van der Waals surface area contributed by atoms with Crippen LogP contribution in [0, 0.1) is 5.82 Å². The molecular formula is C16H22ClFN2. The number of hydrogen-bond donors (Lipinski definition) is 1. The Kier molecular flexibility index (Phi) is 4.02. The average molecular weight is 297 g/mol. The molecule has 110 valence electrons. The molecule has 1 aliphatic carbocycles. The molecule has 1 aliphatic heterocycles. The molecular weight excluding hydrogens is 275 g/mol. The highest BCUT2D eigenvalue weighted by Crippen LogP contribution is 2.33. The third-order valence-electron chi connectivity index (χ3n) is 4.83. The van der Waals surface area contributed by atoms with Gasteiger partial charge < -0.3 is 5.32 Å². The smallest absolute Gasteiger partial charge is 0.142 e. The van der Waals surface area contributed by atoms with Crippen molar-refractivity contribution in [3.05, 3.63) is 34.6 Å². The van der Waals surface area contributed by atoms with E-state index in [1.807, 2.05) is 6.07 Å². The van der Waals surface area contributed by atoms with Crippen molar-refractivity contribution in [1.29, 1.82) is 0 Å². The van der Waals surface area contributed by atoms with E-state index in [4.69, 9.17) is 11.6 Å². The lowest BCUT2D eigenvalue weighted by Crippen LogP contribution is -2.62. The lowest BCUT2D eigenvalue weighted by Gasteiger charge is -2.45. The number of rotatable bonds is 2. The van der Waals surface area contributed by atoms with Crippen molar-refractivity contribution in [1.82, 2.24) is 10.2 Å². The summed E-state index contributed by atoms with van der Waals surface area (Å²) in [6.07, 6.45) is 5.19. The first-order valence-electron chi connectivity index (χ1n) is 7.51.